The molecule has 2 aromatic rings. The van der Waals surface area contributed by atoms with E-state index in [1.165, 1.54) is 10.4 Å². The van der Waals surface area contributed by atoms with Crippen LogP contribution in [-0.2, 0) is 24.1 Å². The Morgan fingerprint density at radius 3 is 2.91 bits per heavy atom. The first-order valence-electron chi connectivity index (χ1n) is 7.75. The number of thiophene rings is 1. The normalized spacial score (nSPS) is 16.7. The highest BCUT2D eigenvalue weighted by Crippen LogP contribution is 2.33. The molecule has 2 N–H and O–H groups in total. The lowest BCUT2D eigenvalue weighted by Gasteiger charge is -2.19. The molecule has 1 unspecified atom stereocenters. The first-order chi connectivity index (χ1) is 11.0. The van der Waals surface area contributed by atoms with Crippen LogP contribution in [0, 0.1) is 5.92 Å². The van der Waals surface area contributed by atoms with Crippen LogP contribution in [0.3, 0.4) is 0 Å². The van der Waals surface area contributed by atoms with E-state index in [2.05, 4.69) is 12.2 Å². The number of hydrogen-bond donors (Lipinski definition) is 2. The van der Waals surface area contributed by atoms with Gasteiger partial charge in [0.05, 0.1) is 12.0 Å². The molecular formula is C18H19NO3S. The lowest BCUT2D eigenvalue weighted by molar-refractivity contribution is -0.136. The summed E-state index contributed by atoms with van der Waals surface area (Å²) >= 11 is 1.65. The number of amides is 1. The van der Waals surface area contributed by atoms with E-state index in [0.717, 1.165) is 24.8 Å². The minimum atomic E-state index is -0.909. The Bertz CT molecular complexity index is 750. The molecular weight excluding hydrogens is 310 g/mol. The molecule has 4 nitrogen and oxygen atoms in total. The number of anilines is 1. The molecule has 1 aromatic heterocycles. The number of carboxylic acids is 1. The van der Waals surface area contributed by atoms with Gasteiger partial charge in [-0.25, -0.2) is 0 Å². The van der Waals surface area contributed by atoms with Gasteiger partial charge in [-0.1, -0.05) is 25.1 Å². The summed E-state index contributed by atoms with van der Waals surface area (Å²) in [7, 11) is 0. The van der Waals surface area contributed by atoms with E-state index in [1.54, 1.807) is 35.6 Å². The number of hydrogen-bond acceptors (Lipinski definition) is 3. The zero-order valence-corrected chi connectivity index (χ0v) is 13.8. The van der Waals surface area contributed by atoms with Gasteiger partial charge in [-0.2, -0.15) is 0 Å². The lowest BCUT2D eigenvalue weighted by atomic mass is 9.88. The number of carboxylic acid groups (broad SMARTS) is 1. The van der Waals surface area contributed by atoms with E-state index in [9.17, 15) is 9.59 Å². The van der Waals surface area contributed by atoms with Crippen molar-refractivity contribution >= 4 is 28.9 Å². The summed E-state index contributed by atoms with van der Waals surface area (Å²) in [4.78, 5) is 24.9. The Hall–Kier alpha value is -2.14. The zero-order valence-electron chi connectivity index (χ0n) is 13.0. The average molecular weight is 329 g/mol. The van der Waals surface area contributed by atoms with Gasteiger partial charge >= 0.3 is 5.97 Å². The van der Waals surface area contributed by atoms with Crippen molar-refractivity contribution < 1.29 is 14.7 Å². The smallest absolute Gasteiger partial charge is 0.307 e. The summed E-state index contributed by atoms with van der Waals surface area (Å²) in [6, 6.07) is 7.05. The molecule has 0 bridgehead atoms. The van der Waals surface area contributed by atoms with Crippen LogP contribution in [0.25, 0.3) is 0 Å². The zero-order chi connectivity index (χ0) is 16.4. The number of fused-ring (bicyclic) bond motifs is 1. The van der Waals surface area contributed by atoms with Gasteiger partial charge in [0.25, 0.3) is 5.91 Å². The first-order valence-corrected chi connectivity index (χ1v) is 8.63. The van der Waals surface area contributed by atoms with E-state index < -0.39 is 5.97 Å². The molecule has 1 aromatic carbocycles. The molecule has 0 saturated carbocycles. The van der Waals surface area contributed by atoms with Gasteiger partial charge in [-0.3, -0.25) is 9.59 Å². The molecule has 0 spiro atoms. The first kappa shape index (κ1) is 15.7. The summed E-state index contributed by atoms with van der Waals surface area (Å²) in [5, 5.41) is 13.8. The van der Waals surface area contributed by atoms with Crippen LogP contribution in [0.5, 0.6) is 0 Å². The maximum atomic E-state index is 12.6. The highest BCUT2D eigenvalue weighted by Gasteiger charge is 2.23. The van der Waals surface area contributed by atoms with E-state index in [1.807, 2.05) is 5.38 Å². The fourth-order valence-electron chi connectivity index (χ4n) is 3.02. The molecule has 0 saturated heterocycles. The quantitative estimate of drug-likeness (QED) is 0.897. The maximum Gasteiger partial charge on any atom is 0.307 e. The van der Waals surface area contributed by atoms with Gasteiger partial charge in [-0.15, -0.1) is 11.3 Å². The highest BCUT2D eigenvalue weighted by atomic mass is 32.1. The molecule has 5 heteroatoms. The van der Waals surface area contributed by atoms with Crippen molar-refractivity contribution in [2.75, 3.05) is 5.32 Å². The summed E-state index contributed by atoms with van der Waals surface area (Å²) in [6.45, 7) is 2.24. The SMILES string of the molecule is CC1CCc2c(C(=O)Nc3ccccc3CC(=O)O)csc2C1. The van der Waals surface area contributed by atoms with Crippen LogP contribution in [0.1, 0.15) is 39.7 Å². The number of rotatable bonds is 4. The minimum absolute atomic E-state index is 0.101. The second-order valence-electron chi connectivity index (χ2n) is 6.08. The highest BCUT2D eigenvalue weighted by molar-refractivity contribution is 7.10. The standard InChI is InChI=1S/C18H19NO3S/c1-11-6-7-13-14(10-23-16(13)8-11)18(22)19-15-5-3-2-4-12(15)9-17(20)21/h2-5,10-11H,6-9H2,1H3,(H,19,22)(H,20,21). The summed E-state index contributed by atoms with van der Waals surface area (Å²) in [6.07, 6.45) is 3.00. The van der Waals surface area contributed by atoms with Crippen molar-refractivity contribution in [1.29, 1.82) is 0 Å². The van der Waals surface area contributed by atoms with Crippen LogP contribution in [-0.4, -0.2) is 17.0 Å². The second kappa shape index (κ2) is 6.54. The van der Waals surface area contributed by atoms with E-state index in [4.69, 9.17) is 5.11 Å². The topological polar surface area (TPSA) is 66.4 Å². The number of benzene rings is 1. The van der Waals surface area contributed by atoms with Crippen molar-refractivity contribution in [3.05, 3.63) is 51.2 Å². The lowest BCUT2D eigenvalue weighted by Crippen LogP contribution is -2.17. The van der Waals surface area contributed by atoms with Crippen LogP contribution < -0.4 is 5.32 Å². The Kier molecular flexibility index (Phi) is 4.48. The van der Waals surface area contributed by atoms with Gasteiger partial charge in [0.15, 0.2) is 0 Å². The van der Waals surface area contributed by atoms with Gasteiger partial charge in [0.1, 0.15) is 0 Å². The summed E-state index contributed by atoms with van der Waals surface area (Å²) in [5.41, 5.74) is 3.10. The molecule has 1 aliphatic rings. The predicted molar refractivity (Wildman–Crippen MR) is 91.2 cm³/mol. The fraction of sp³-hybridized carbons (Fsp3) is 0.333. The molecule has 1 heterocycles. The number of para-hydroxylation sites is 1. The maximum absolute atomic E-state index is 12.6. The Morgan fingerprint density at radius 2 is 2.13 bits per heavy atom. The largest absolute Gasteiger partial charge is 0.481 e. The Balaban J connectivity index is 1.82. The molecule has 120 valence electrons. The average Bonchev–Trinajstić information content (AvgIpc) is 2.91. The van der Waals surface area contributed by atoms with E-state index >= 15 is 0 Å². The molecule has 0 aliphatic heterocycles. The molecule has 3 rings (SSSR count). The molecule has 0 fully saturated rings. The third-order valence-electron chi connectivity index (χ3n) is 4.25. The van der Waals surface area contributed by atoms with Gasteiger partial charge in [0, 0.05) is 15.9 Å². The van der Waals surface area contributed by atoms with Gasteiger partial charge in [-0.05, 0) is 42.4 Å². The molecule has 1 amide bonds. The third kappa shape index (κ3) is 3.45. The van der Waals surface area contributed by atoms with Crippen LogP contribution in [0.15, 0.2) is 29.6 Å². The molecule has 1 aliphatic carbocycles. The van der Waals surface area contributed by atoms with Crippen LogP contribution in [0.2, 0.25) is 0 Å². The van der Waals surface area contributed by atoms with Gasteiger partial charge in [0.2, 0.25) is 0 Å². The van der Waals surface area contributed by atoms with Crippen molar-refractivity contribution in [2.24, 2.45) is 5.92 Å². The van der Waals surface area contributed by atoms with Crippen LogP contribution in [0.4, 0.5) is 5.69 Å². The number of nitrogens with one attached hydrogen (secondary N) is 1. The summed E-state index contributed by atoms with van der Waals surface area (Å²) < 4.78 is 0. The number of aliphatic carboxylic acids is 1. The van der Waals surface area contributed by atoms with Crippen molar-refractivity contribution in [3.8, 4) is 0 Å². The number of carbonyl (C=O) groups excluding carboxylic acids is 1. The van der Waals surface area contributed by atoms with E-state index in [-0.39, 0.29) is 12.3 Å². The Labute approximate surface area is 139 Å². The molecule has 1 atom stereocenters. The van der Waals surface area contributed by atoms with Crippen molar-refractivity contribution in [2.45, 2.75) is 32.6 Å². The molecule has 0 radical (unpaired) electrons. The molecule has 23 heavy (non-hydrogen) atoms. The predicted octanol–water partition coefficient (Wildman–Crippen LogP) is 3.75. The van der Waals surface area contributed by atoms with Crippen molar-refractivity contribution in [3.63, 3.8) is 0 Å². The Morgan fingerprint density at radius 1 is 1.35 bits per heavy atom. The third-order valence-corrected chi connectivity index (χ3v) is 5.30. The second-order valence-corrected chi connectivity index (χ2v) is 7.05. The van der Waals surface area contributed by atoms with Gasteiger partial charge < -0.3 is 10.4 Å². The monoisotopic (exact) mass is 329 g/mol. The number of carbonyl (C=O) groups is 2. The van der Waals surface area contributed by atoms with E-state index in [0.29, 0.717) is 17.2 Å². The van der Waals surface area contributed by atoms with Crippen molar-refractivity contribution in [1.82, 2.24) is 0 Å². The fourth-order valence-corrected chi connectivity index (χ4v) is 4.26. The minimum Gasteiger partial charge on any atom is -0.481 e. The van der Waals surface area contributed by atoms with Crippen LogP contribution >= 0.6 is 11.3 Å². The summed E-state index contributed by atoms with van der Waals surface area (Å²) in [5.74, 6) is -0.378.